The van der Waals surface area contributed by atoms with E-state index in [1.807, 2.05) is 21.1 Å². The number of aliphatic hydroxyl groups excluding tert-OH is 3. The number of ether oxygens (including phenoxy) is 6. The van der Waals surface area contributed by atoms with Crippen molar-refractivity contribution in [1.29, 1.82) is 0 Å². The number of quaternary nitrogens is 1. The Hall–Kier alpha value is -10.0. The number of hydrogen-bond acceptors (Lipinski definition) is 25. The highest BCUT2D eigenvalue weighted by Gasteiger charge is 2.62. The molecule has 1 aliphatic carbocycles. The van der Waals surface area contributed by atoms with Crippen LogP contribution >= 0.6 is 0 Å². The van der Waals surface area contributed by atoms with Gasteiger partial charge in [0.05, 0.1) is 54.5 Å². The summed E-state index contributed by atoms with van der Waals surface area (Å²) in [5.74, 6) is -11.2. The van der Waals surface area contributed by atoms with E-state index in [1.54, 1.807) is 0 Å². The van der Waals surface area contributed by atoms with E-state index >= 15 is 0 Å². The van der Waals surface area contributed by atoms with Gasteiger partial charge in [-0.15, -0.1) is 0 Å². The Morgan fingerprint density at radius 3 is 0.753 bits per heavy atom. The molecule has 28 heteroatoms. The lowest BCUT2D eigenvalue weighted by atomic mass is 9.83. The minimum absolute atomic E-state index is 0.106. The molecule has 0 unspecified atom stereocenters. The van der Waals surface area contributed by atoms with Gasteiger partial charge in [-0.25, -0.2) is 38.4 Å². The van der Waals surface area contributed by atoms with Gasteiger partial charge in [-0.2, -0.15) is 0 Å². The molecule has 0 amide bonds. The van der Waals surface area contributed by atoms with Gasteiger partial charge in [0.25, 0.3) is 0 Å². The summed E-state index contributed by atoms with van der Waals surface area (Å²) in [7, 11) is 5.66. The lowest BCUT2D eigenvalue weighted by molar-refractivity contribution is -0.873. The smallest absolute Gasteiger partial charge is 0.340 e. The molecular formula is C53H51N7O21. The molecule has 7 rings (SSSR count). The zero-order valence-electron chi connectivity index (χ0n) is 42.9. The first-order valence-electron chi connectivity index (χ1n) is 23.7. The molecule has 6 heterocycles. The quantitative estimate of drug-likeness (QED) is 0.0398. The van der Waals surface area contributed by atoms with Gasteiger partial charge in [-0.1, -0.05) is 0 Å². The Balaban J connectivity index is 0.000000483. The molecule has 6 aromatic heterocycles. The first-order valence-corrected chi connectivity index (χ1v) is 23.7. The second kappa shape index (κ2) is 29.6. The number of pyridine rings is 6. The number of rotatable bonds is 19. The van der Waals surface area contributed by atoms with Gasteiger partial charge >= 0.3 is 47.8 Å². The highest BCUT2D eigenvalue weighted by Crippen LogP contribution is 2.37. The third kappa shape index (κ3) is 18.8. The molecule has 5 N–H and O–H groups in total. The maximum atomic E-state index is 14.0. The van der Waals surface area contributed by atoms with Crippen molar-refractivity contribution in [3.8, 4) is 0 Å². The fourth-order valence-corrected chi connectivity index (χ4v) is 7.14. The molecule has 1 aliphatic rings. The monoisotopic (exact) mass is 1120 g/mol. The molecule has 6 aromatic rings. The standard InChI is InChI=1S/C42H30N6O12.C7H15NO3.C4H6O6/c49-37(25-7-1-13-43-19-25)55-31-32(56-38(50)26-8-2-14-44-20-26)34(58-40(52)28-10-4-16-46-22-28)36(60-42(54)30-12-6-18-48-24-30)35(59-41(53)29-11-5-17-47-23-29)33(31)57-39(51)27-9-3-15-45-21-27;1-8(2,3)5-6(9)4-7(10)11;5-1(3(7)8)2(6)4(9)10/h1-24,31-36H;6,9H,4-5H2,1-3H3;1-2,5-6H,(H,7,8)(H,9,10)/t;6-;1-,2-/m.11/s1. The van der Waals surface area contributed by atoms with Crippen LogP contribution < -0.4 is 5.11 Å². The van der Waals surface area contributed by atoms with Gasteiger partial charge in [-0.05, 0) is 72.8 Å². The highest BCUT2D eigenvalue weighted by molar-refractivity contribution is 5.93. The molecular weight excluding hydrogens is 1070 g/mol. The van der Waals surface area contributed by atoms with Gasteiger partial charge in [0.2, 0.25) is 0 Å². The zero-order valence-corrected chi connectivity index (χ0v) is 42.9. The van der Waals surface area contributed by atoms with Crippen molar-refractivity contribution in [2.75, 3.05) is 27.7 Å². The first kappa shape index (κ1) is 61.8. The number of aromatic nitrogens is 6. The van der Waals surface area contributed by atoms with E-state index in [9.17, 15) is 48.3 Å². The van der Waals surface area contributed by atoms with E-state index < -0.39 is 109 Å². The number of carbonyl (C=O) groups is 9. The predicted octanol–water partition coefficient (Wildman–Crippen LogP) is -0.205. The largest absolute Gasteiger partial charge is 0.550 e. The molecule has 424 valence electrons. The molecule has 1 fully saturated rings. The normalized spacial score (nSPS) is 18.3. The number of carbonyl (C=O) groups excluding carboxylic acids is 7. The molecule has 3 atom stereocenters. The molecule has 0 saturated heterocycles. The lowest BCUT2D eigenvalue weighted by Gasteiger charge is -2.47. The number of aliphatic hydroxyl groups is 3. The molecule has 28 nitrogen and oxygen atoms in total. The molecule has 1 saturated carbocycles. The summed E-state index contributed by atoms with van der Waals surface area (Å²) in [6.45, 7) is 0.425. The van der Waals surface area contributed by atoms with Crippen molar-refractivity contribution in [3.05, 3.63) is 181 Å². The number of carboxylic acids is 3. The Bertz CT molecular complexity index is 2600. The van der Waals surface area contributed by atoms with Gasteiger partial charge < -0.3 is 68.3 Å². The third-order valence-corrected chi connectivity index (χ3v) is 10.8. The Morgan fingerprint density at radius 2 is 0.617 bits per heavy atom. The lowest BCUT2D eigenvalue weighted by Crippen LogP contribution is -2.69. The van der Waals surface area contributed by atoms with Crippen LogP contribution in [0.15, 0.2) is 147 Å². The van der Waals surface area contributed by atoms with Crippen LogP contribution in [-0.2, 0) is 42.8 Å². The fraction of sp³-hybridized carbons (Fsp3) is 0.264. The number of esters is 6. The third-order valence-electron chi connectivity index (χ3n) is 10.8. The van der Waals surface area contributed by atoms with Crippen LogP contribution in [0, 0.1) is 0 Å². The van der Waals surface area contributed by atoms with Crippen LogP contribution in [0.4, 0.5) is 0 Å². The van der Waals surface area contributed by atoms with Crippen LogP contribution in [0.5, 0.6) is 0 Å². The minimum Gasteiger partial charge on any atom is -0.550 e. The van der Waals surface area contributed by atoms with Crippen LogP contribution in [0.3, 0.4) is 0 Å². The molecule has 0 aliphatic heterocycles. The summed E-state index contributed by atoms with van der Waals surface area (Å²) in [6.07, 6.45) is -2.12. The van der Waals surface area contributed by atoms with Crippen LogP contribution in [0.2, 0.25) is 0 Å². The van der Waals surface area contributed by atoms with Crippen molar-refractivity contribution < 1.29 is 107 Å². The first-order chi connectivity index (χ1) is 38.5. The van der Waals surface area contributed by atoms with E-state index in [2.05, 4.69) is 29.9 Å². The maximum Gasteiger partial charge on any atom is 0.340 e. The van der Waals surface area contributed by atoms with Crippen molar-refractivity contribution in [2.24, 2.45) is 0 Å². The van der Waals surface area contributed by atoms with Crippen molar-refractivity contribution >= 4 is 53.7 Å². The van der Waals surface area contributed by atoms with Crippen molar-refractivity contribution in [1.82, 2.24) is 29.9 Å². The average Bonchev–Trinajstić information content (AvgIpc) is 3.66. The Kier molecular flexibility index (Phi) is 22.6. The Morgan fingerprint density at radius 1 is 0.420 bits per heavy atom. The molecule has 0 spiro atoms. The van der Waals surface area contributed by atoms with Crippen molar-refractivity contribution in [3.63, 3.8) is 0 Å². The minimum atomic E-state index is -2.27. The second-order valence-corrected chi connectivity index (χ2v) is 17.9. The summed E-state index contributed by atoms with van der Waals surface area (Å²) in [5.41, 5.74) is -0.638. The summed E-state index contributed by atoms with van der Waals surface area (Å²) in [4.78, 5) is 137. The number of nitrogens with zero attached hydrogens (tertiary/aromatic N) is 7. The van der Waals surface area contributed by atoms with Gasteiger partial charge in [-0.3, -0.25) is 29.9 Å². The summed E-state index contributed by atoms with van der Waals surface area (Å²) < 4.78 is 36.7. The van der Waals surface area contributed by atoms with E-state index in [1.165, 1.54) is 147 Å². The van der Waals surface area contributed by atoms with Crippen LogP contribution in [0.25, 0.3) is 0 Å². The Labute approximate surface area is 458 Å². The number of hydrogen-bond donors (Lipinski definition) is 5. The highest BCUT2D eigenvalue weighted by atomic mass is 16.7. The molecule has 0 radical (unpaired) electrons. The van der Waals surface area contributed by atoms with Crippen LogP contribution in [-0.4, -0.2) is 196 Å². The SMILES string of the molecule is C[N+](C)(C)C[C@H](O)CC(=O)[O-].O=C(O)[C@H](O)[C@@H](O)C(=O)O.O=C(OC1C(OC(=O)c2cccnc2)C(OC(=O)c2cccnc2)C(OC(=O)c2cccnc2)C(OC(=O)c2cccnc2)C1OC(=O)c1cccnc1)c1cccnc1. The zero-order chi connectivity index (χ0) is 59.2. The van der Waals surface area contributed by atoms with Gasteiger partial charge in [0.15, 0.2) is 48.8 Å². The maximum absolute atomic E-state index is 14.0. The number of aliphatic carboxylic acids is 3. The molecule has 81 heavy (non-hydrogen) atoms. The number of likely N-dealkylation sites (N-methyl/N-ethyl adjacent to an activating group) is 1. The van der Waals surface area contributed by atoms with Crippen molar-refractivity contribution in [2.45, 2.75) is 61.4 Å². The van der Waals surface area contributed by atoms with Crippen LogP contribution in [0.1, 0.15) is 68.6 Å². The van der Waals surface area contributed by atoms with E-state index in [0.29, 0.717) is 11.0 Å². The summed E-state index contributed by atoms with van der Waals surface area (Å²) in [5, 5.41) is 51.7. The summed E-state index contributed by atoms with van der Waals surface area (Å²) in [6, 6.07) is 16.9. The molecule has 0 bridgehead atoms. The topological polar surface area (TPSA) is 411 Å². The van der Waals surface area contributed by atoms with E-state index in [0.717, 1.165) is 0 Å². The number of carboxylic acid groups (broad SMARTS) is 3. The molecule has 0 aromatic carbocycles. The fourth-order valence-electron chi connectivity index (χ4n) is 7.14. The van der Waals surface area contributed by atoms with Gasteiger partial charge in [0.1, 0.15) is 12.6 Å². The second-order valence-electron chi connectivity index (χ2n) is 17.9. The van der Waals surface area contributed by atoms with Gasteiger partial charge in [0, 0.05) is 86.8 Å². The predicted molar refractivity (Wildman–Crippen MR) is 266 cm³/mol. The average molecular weight is 1120 g/mol. The summed E-state index contributed by atoms with van der Waals surface area (Å²) >= 11 is 0. The van der Waals surface area contributed by atoms with E-state index in [4.69, 9.17) is 54.0 Å². The van der Waals surface area contributed by atoms with E-state index in [-0.39, 0.29) is 39.8 Å².